The number of amides is 1. The van der Waals surface area contributed by atoms with Crippen LogP contribution in [0.1, 0.15) is 13.8 Å². The Morgan fingerprint density at radius 1 is 1.54 bits per heavy atom. The van der Waals surface area contributed by atoms with Crippen LogP contribution in [-0.4, -0.2) is 39.5 Å². The van der Waals surface area contributed by atoms with Gasteiger partial charge in [-0.05, 0) is 0 Å². The number of carbonyl (C=O) groups excluding carboxylic acids is 2. The van der Waals surface area contributed by atoms with Crippen LogP contribution in [0.5, 0.6) is 0 Å². The third kappa shape index (κ3) is 5.66. The quantitative estimate of drug-likeness (QED) is 0.562. The number of nitrogens with one attached hydrogen (secondary N) is 1. The normalized spacial score (nSPS) is 11.9. The summed E-state index contributed by atoms with van der Waals surface area (Å²) < 4.78 is 4.81. The first-order chi connectivity index (χ1) is 6.11. The number of hydrogen-bond donors (Lipinski definition) is 1. The second-order valence-corrected chi connectivity index (χ2v) is 4.37. The van der Waals surface area contributed by atoms with E-state index >= 15 is 0 Å². The predicted molar refractivity (Wildman–Crippen MR) is 50.7 cm³/mol. The molecule has 76 valence electrons. The summed E-state index contributed by atoms with van der Waals surface area (Å²) in [5.41, 5.74) is 0. The first-order valence-corrected chi connectivity index (χ1v) is 6.97. The molecule has 1 unspecified atom stereocenters. The van der Waals surface area contributed by atoms with Crippen molar-refractivity contribution in [2.24, 2.45) is 0 Å². The summed E-state index contributed by atoms with van der Waals surface area (Å²) in [6.45, 7) is 3.50. The Hall–Kier alpha value is -0.541. The van der Waals surface area contributed by atoms with Gasteiger partial charge in [-0.1, -0.05) is 0 Å². The monoisotopic (exact) mass is 253 g/mol. The van der Waals surface area contributed by atoms with Gasteiger partial charge in [0.15, 0.2) is 0 Å². The summed E-state index contributed by atoms with van der Waals surface area (Å²) in [5.74, 6) is 1.49. The molecule has 0 rings (SSSR count). The summed E-state index contributed by atoms with van der Waals surface area (Å²) in [6.07, 6.45) is 0. The molecule has 1 amide bonds. The van der Waals surface area contributed by atoms with Crippen molar-refractivity contribution in [3.8, 4) is 0 Å². The van der Waals surface area contributed by atoms with Crippen LogP contribution < -0.4 is 5.32 Å². The third-order valence-electron chi connectivity index (χ3n) is 1.28. The predicted octanol–water partition coefficient (Wildman–Crippen LogP) is 0.225. The van der Waals surface area contributed by atoms with Crippen molar-refractivity contribution >= 4 is 26.8 Å². The fraction of sp³-hybridized carbons (Fsp3) is 0.750. The van der Waals surface area contributed by atoms with Crippen molar-refractivity contribution < 1.29 is 14.3 Å². The van der Waals surface area contributed by atoms with E-state index in [2.05, 4.69) is 5.32 Å². The molecule has 4 nitrogen and oxygen atoms in total. The maximum absolute atomic E-state index is 11.2. The molecular weight excluding hydrogens is 237 g/mol. The Morgan fingerprint density at radius 2 is 2.15 bits per heavy atom. The van der Waals surface area contributed by atoms with Gasteiger partial charge in [-0.3, -0.25) is 0 Å². The molecule has 0 aliphatic carbocycles. The molecule has 0 aromatic rings. The molecule has 0 aliphatic heterocycles. The molecule has 0 aromatic carbocycles. The average molecular weight is 252 g/mol. The zero-order chi connectivity index (χ0) is 10.3. The van der Waals surface area contributed by atoms with Crippen LogP contribution >= 0.6 is 0 Å². The van der Waals surface area contributed by atoms with Gasteiger partial charge in [0, 0.05) is 0 Å². The minimum absolute atomic E-state index is 0.192. The van der Waals surface area contributed by atoms with E-state index in [-0.39, 0.29) is 11.9 Å². The van der Waals surface area contributed by atoms with Gasteiger partial charge in [0.05, 0.1) is 0 Å². The van der Waals surface area contributed by atoms with Crippen molar-refractivity contribution in [3.63, 3.8) is 0 Å². The van der Waals surface area contributed by atoms with Crippen LogP contribution in [-0.2, 0) is 14.3 Å². The van der Waals surface area contributed by atoms with Crippen molar-refractivity contribution in [2.45, 2.75) is 31.0 Å². The molecule has 0 heterocycles. The minimum atomic E-state index is -0.456. The van der Waals surface area contributed by atoms with Gasteiger partial charge in [-0.25, -0.2) is 0 Å². The molecule has 13 heavy (non-hydrogen) atoms. The number of esters is 1. The Bertz CT molecular complexity index is 184. The van der Waals surface area contributed by atoms with Gasteiger partial charge in [-0.2, -0.15) is 0 Å². The fourth-order valence-corrected chi connectivity index (χ4v) is 1.98. The number of rotatable bonds is 5. The Labute approximate surface area is 84.6 Å². The number of ether oxygens (including phenoxy) is 1. The zero-order valence-electron chi connectivity index (χ0n) is 8.12. The SMILES string of the molecule is CCOC(=O)C(C[Se]C)NC(C)=O. The van der Waals surface area contributed by atoms with E-state index in [9.17, 15) is 9.59 Å². The Balaban J connectivity index is 4.06. The van der Waals surface area contributed by atoms with Crippen LogP contribution in [0.4, 0.5) is 0 Å². The summed E-state index contributed by atoms with van der Waals surface area (Å²) >= 11 is 0.347. The zero-order valence-corrected chi connectivity index (χ0v) is 9.84. The topological polar surface area (TPSA) is 55.4 Å². The Kier molecular flexibility index (Phi) is 6.63. The molecule has 0 saturated carbocycles. The molecule has 0 aliphatic rings. The molecule has 0 saturated heterocycles. The van der Waals surface area contributed by atoms with Crippen LogP contribution in [0.25, 0.3) is 0 Å². The molecule has 0 spiro atoms. The van der Waals surface area contributed by atoms with Gasteiger partial charge >= 0.3 is 84.1 Å². The molecule has 1 atom stereocenters. The van der Waals surface area contributed by atoms with E-state index in [1.54, 1.807) is 6.92 Å². The second-order valence-electron chi connectivity index (χ2n) is 2.46. The van der Waals surface area contributed by atoms with E-state index < -0.39 is 6.04 Å². The molecule has 0 radical (unpaired) electrons. The van der Waals surface area contributed by atoms with E-state index in [0.717, 1.165) is 0 Å². The van der Waals surface area contributed by atoms with Crippen molar-refractivity contribution in [1.29, 1.82) is 0 Å². The van der Waals surface area contributed by atoms with Gasteiger partial charge < -0.3 is 0 Å². The number of hydrogen-bond acceptors (Lipinski definition) is 3. The van der Waals surface area contributed by atoms with Crippen molar-refractivity contribution in [2.75, 3.05) is 6.61 Å². The van der Waals surface area contributed by atoms with Crippen LogP contribution in [0.2, 0.25) is 11.1 Å². The first-order valence-electron chi connectivity index (χ1n) is 4.04. The second kappa shape index (κ2) is 6.92. The van der Waals surface area contributed by atoms with E-state index in [1.807, 2.05) is 5.82 Å². The molecule has 0 bridgehead atoms. The molecule has 0 fully saturated rings. The van der Waals surface area contributed by atoms with Gasteiger partial charge in [-0.15, -0.1) is 0 Å². The molecular formula is C8H15NO3Se. The molecule has 1 N–H and O–H groups in total. The Morgan fingerprint density at radius 3 is 2.54 bits per heavy atom. The average Bonchev–Trinajstić information content (AvgIpc) is 2.03. The fourth-order valence-electron chi connectivity index (χ4n) is 0.824. The summed E-state index contributed by atoms with van der Waals surface area (Å²) in [6, 6.07) is -0.456. The van der Waals surface area contributed by atoms with Crippen LogP contribution in [0.15, 0.2) is 0 Å². The van der Waals surface area contributed by atoms with E-state index in [1.165, 1.54) is 6.92 Å². The summed E-state index contributed by atoms with van der Waals surface area (Å²) in [5, 5.41) is 3.25. The standard InChI is InChI=1S/C8H15NO3Se/c1-4-12-8(11)7(5-13-3)9-6(2)10/h7H,4-5H2,1-3H3,(H,9,10). The molecule has 0 aromatic heterocycles. The van der Waals surface area contributed by atoms with Crippen LogP contribution in [0, 0.1) is 0 Å². The van der Waals surface area contributed by atoms with Crippen LogP contribution in [0.3, 0.4) is 0 Å². The first kappa shape index (κ1) is 12.5. The van der Waals surface area contributed by atoms with E-state index in [0.29, 0.717) is 26.9 Å². The van der Waals surface area contributed by atoms with Gasteiger partial charge in [0.2, 0.25) is 0 Å². The van der Waals surface area contributed by atoms with Crippen molar-refractivity contribution in [1.82, 2.24) is 5.32 Å². The summed E-state index contributed by atoms with van der Waals surface area (Å²) in [4.78, 5) is 22.0. The summed E-state index contributed by atoms with van der Waals surface area (Å²) in [7, 11) is 0. The third-order valence-corrected chi connectivity index (χ3v) is 2.68. The van der Waals surface area contributed by atoms with E-state index in [4.69, 9.17) is 4.74 Å². The number of carbonyl (C=O) groups is 2. The van der Waals surface area contributed by atoms with Gasteiger partial charge in [0.25, 0.3) is 0 Å². The van der Waals surface area contributed by atoms with Crippen molar-refractivity contribution in [3.05, 3.63) is 0 Å². The van der Waals surface area contributed by atoms with Gasteiger partial charge in [0.1, 0.15) is 0 Å². The molecule has 5 heteroatoms. The maximum atomic E-state index is 11.2.